The highest BCUT2D eigenvalue weighted by Crippen LogP contribution is 2.23. The van der Waals surface area contributed by atoms with Crippen molar-refractivity contribution in [3.05, 3.63) is 67.0 Å². The number of benzene rings is 2. The highest BCUT2D eigenvalue weighted by atomic mass is 32.2. The molecule has 0 aliphatic carbocycles. The number of nitrogens with zero attached hydrogens (tertiary/aromatic N) is 4. The van der Waals surface area contributed by atoms with Gasteiger partial charge in [0.15, 0.2) is 11.1 Å². The largest absolute Gasteiger partial charge is 0.370 e. The molecule has 2 aliphatic heterocycles. The van der Waals surface area contributed by atoms with E-state index in [9.17, 15) is 8.76 Å². The number of hydrogen-bond donors (Lipinski definition) is 3. The first-order chi connectivity index (χ1) is 16.2. The standard InChI is InChI=1S/C12H13N3O2S.C12H13N3.CH4/c16-18(17)11-7-15(8-12-13-5-6-14-12)10-4-2-1-3-9(10)11;1-2-4-11-10(3-1)5-8-15(11)9-12-13-6-7-14-12;/h1-4,7H,5-6,8H2,(H,13,14)(H,16,17);1-5,8H,6-7,9H2,(H,13,14);1H4. The van der Waals surface area contributed by atoms with E-state index >= 15 is 0 Å². The van der Waals surface area contributed by atoms with Crippen molar-refractivity contribution in [2.24, 2.45) is 9.98 Å². The zero-order chi connectivity index (χ0) is 22.6. The molecule has 8 nitrogen and oxygen atoms in total. The number of aromatic nitrogens is 2. The van der Waals surface area contributed by atoms with Crippen LogP contribution in [0.1, 0.15) is 7.43 Å². The number of hydrogen-bond acceptors (Lipinski definition) is 5. The number of aliphatic imine (C=N–C) groups is 2. The maximum absolute atomic E-state index is 11.3. The first-order valence-electron chi connectivity index (χ1n) is 11.0. The van der Waals surface area contributed by atoms with Gasteiger partial charge in [0, 0.05) is 41.9 Å². The highest BCUT2D eigenvalue weighted by Gasteiger charge is 2.14. The summed E-state index contributed by atoms with van der Waals surface area (Å²) in [7, 11) is 0. The second kappa shape index (κ2) is 10.7. The van der Waals surface area contributed by atoms with Crippen LogP contribution in [0.25, 0.3) is 21.8 Å². The van der Waals surface area contributed by atoms with Gasteiger partial charge in [0.05, 0.1) is 31.1 Å². The van der Waals surface area contributed by atoms with Crippen LogP contribution in [0.2, 0.25) is 0 Å². The second-order valence-corrected chi connectivity index (χ2v) is 8.84. The molecule has 2 aromatic heterocycles. The average Bonchev–Trinajstić information content (AvgIpc) is 3.63. The Balaban J connectivity index is 0.000000159. The van der Waals surface area contributed by atoms with E-state index in [0.29, 0.717) is 11.4 Å². The smallest absolute Gasteiger partial charge is 0.188 e. The van der Waals surface area contributed by atoms with E-state index in [4.69, 9.17) is 0 Å². The van der Waals surface area contributed by atoms with Gasteiger partial charge < -0.3 is 24.3 Å². The van der Waals surface area contributed by atoms with Gasteiger partial charge in [0.2, 0.25) is 0 Å². The monoisotopic (exact) mass is 478 g/mol. The van der Waals surface area contributed by atoms with E-state index in [0.717, 1.165) is 55.3 Å². The van der Waals surface area contributed by atoms with Crippen LogP contribution >= 0.6 is 0 Å². The van der Waals surface area contributed by atoms with Crippen molar-refractivity contribution >= 4 is 44.6 Å². The lowest BCUT2D eigenvalue weighted by molar-refractivity contribution is 0.565. The fourth-order valence-electron chi connectivity index (χ4n) is 4.19. The molecule has 1 unspecified atom stereocenters. The summed E-state index contributed by atoms with van der Waals surface area (Å²) in [4.78, 5) is 9.19. The van der Waals surface area contributed by atoms with Crippen molar-refractivity contribution < 1.29 is 8.76 Å². The van der Waals surface area contributed by atoms with Gasteiger partial charge in [-0.15, -0.1) is 0 Å². The zero-order valence-corrected chi connectivity index (χ0v) is 19.0. The Morgan fingerprint density at radius 3 is 2.12 bits per heavy atom. The normalized spacial score (nSPS) is 15.6. The van der Waals surface area contributed by atoms with Crippen molar-refractivity contribution in [3.63, 3.8) is 0 Å². The number of rotatable bonds is 5. The molecule has 3 N–H and O–H groups in total. The maximum atomic E-state index is 11.3. The fourth-order valence-corrected chi connectivity index (χ4v) is 4.77. The van der Waals surface area contributed by atoms with Crippen LogP contribution in [-0.2, 0) is 24.2 Å². The molecule has 178 valence electrons. The summed E-state index contributed by atoms with van der Waals surface area (Å²) in [6, 6.07) is 18.2. The van der Waals surface area contributed by atoms with Crippen molar-refractivity contribution in [2.45, 2.75) is 25.4 Å². The molecular formula is C25H30N6O2S. The van der Waals surface area contributed by atoms with Crippen molar-refractivity contribution in [2.75, 3.05) is 26.2 Å². The SMILES string of the molecule is C.O=S(O)c1cn(CC2=NCCN2)c2ccccc12.c1ccc2c(c1)ccn2CC1=NCCN1. The Hall–Kier alpha value is -3.43. The molecule has 34 heavy (non-hydrogen) atoms. The van der Waals surface area contributed by atoms with Crippen molar-refractivity contribution in [3.8, 4) is 0 Å². The predicted octanol–water partition coefficient (Wildman–Crippen LogP) is 3.50. The lowest BCUT2D eigenvalue weighted by Crippen LogP contribution is -2.23. The van der Waals surface area contributed by atoms with E-state index < -0.39 is 11.1 Å². The second-order valence-electron chi connectivity index (χ2n) is 7.90. The van der Waals surface area contributed by atoms with Gasteiger partial charge in [0.25, 0.3) is 0 Å². The Morgan fingerprint density at radius 2 is 1.47 bits per heavy atom. The van der Waals surface area contributed by atoms with Gasteiger partial charge >= 0.3 is 0 Å². The summed E-state index contributed by atoms with van der Waals surface area (Å²) in [5, 5.41) is 8.59. The third-order valence-electron chi connectivity index (χ3n) is 5.75. The number of fused-ring (bicyclic) bond motifs is 2. The number of amidine groups is 2. The van der Waals surface area contributed by atoms with Crippen LogP contribution < -0.4 is 10.6 Å². The molecule has 0 saturated carbocycles. The summed E-state index contributed by atoms with van der Waals surface area (Å²) >= 11 is -1.97. The van der Waals surface area contributed by atoms with Gasteiger partial charge in [0.1, 0.15) is 11.7 Å². The number of nitrogens with one attached hydrogen (secondary N) is 2. The van der Waals surface area contributed by atoms with Gasteiger partial charge in [-0.1, -0.05) is 43.8 Å². The van der Waals surface area contributed by atoms with Gasteiger partial charge in [-0.2, -0.15) is 0 Å². The minimum atomic E-state index is -1.97. The Morgan fingerprint density at radius 1 is 0.853 bits per heavy atom. The molecule has 4 heterocycles. The molecule has 0 bridgehead atoms. The molecule has 1 atom stereocenters. The molecule has 4 aromatic rings. The molecule has 0 saturated heterocycles. The van der Waals surface area contributed by atoms with Crippen LogP contribution in [0.5, 0.6) is 0 Å². The van der Waals surface area contributed by atoms with Crippen LogP contribution in [-0.4, -0.2) is 55.7 Å². The molecule has 0 radical (unpaired) electrons. The molecular weight excluding hydrogens is 448 g/mol. The Labute approximate surface area is 201 Å². The van der Waals surface area contributed by atoms with Crippen LogP contribution in [0, 0.1) is 0 Å². The summed E-state index contributed by atoms with van der Waals surface area (Å²) in [6.07, 6.45) is 3.84. The Bertz CT molecular complexity index is 1370. The van der Waals surface area contributed by atoms with E-state index in [2.05, 4.69) is 61.7 Å². The maximum Gasteiger partial charge on any atom is 0.188 e. The predicted molar refractivity (Wildman–Crippen MR) is 140 cm³/mol. The molecule has 2 aliphatic rings. The van der Waals surface area contributed by atoms with Crippen molar-refractivity contribution in [1.82, 2.24) is 19.8 Å². The quantitative estimate of drug-likeness (QED) is 0.383. The van der Waals surface area contributed by atoms with Crippen LogP contribution in [0.3, 0.4) is 0 Å². The fraction of sp³-hybridized carbons (Fsp3) is 0.280. The number of para-hydroxylation sites is 2. The minimum Gasteiger partial charge on any atom is -0.370 e. The average molecular weight is 479 g/mol. The molecule has 0 amide bonds. The molecule has 0 fully saturated rings. The van der Waals surface area contributed by atoms with Gasteiger partial charge in [-0.3, -0.25) is 9.98 Å². The van der Waals surface area contributed by atoms with E-state index in [-0.39, 0.29) is 7.43 Å². The van der Waals surface area contributed by atoms with Crippen LogP contribution in [0.4, 0.5) is 0 Å². The zero-order valence-electron chi connectivity index (χ0n) is 18.1. The minimum absolute atomic E-state index is 0. The third-order valence-corrected chi connectivity index (χ3v) is 6.45. The summed E-state index contributed by atoms with van der Waals surface area (Å²) < 4.78 is 24.8. The summed E-state index contributed by atoms with van der Waals surface area (Å²) in [5.74, 6) is 2.02. The third kappa shape index (κ3) is 5.05. The van der Waals surface area contributed by atoms with Crippen molar-refractivity contribution in [1.29, 1.82) is 0 Å². The van der Waals surface area contributed by atoms with Gasteiger partial charge in [-0.05, 0) is 23.6 Å². The molecule has 2 aromatic carbocycles. The lowest BCUT2D eigenvalue weighted by atomic mass is 10.2. The Kier molecular flexibility index (Phi) is 7.44. The van der Waals surface area contributed by atoms with Crippen LogP contribution in [0.15, 0.2) is 81.9 Å². The van der Waals surface area contributed by atoms with E-state index in [1.807, 2.05) is 28.8 Å². The first-order valence-corrected chi connectivity index (χ1v) is 12.1. The van der Waals surface area contributed by atoms with E-state index in [1.165, 1.54) is 10.9 Å². The van der Waals surface area contributed by atoms with E-state index in [1.54, 1.807) is 6.20 Å². The topological polar surface area (TPSA) is 95.9 Å². The molecule has 0 spiro atoms. The summed E-state index contributed by atoms with van der Waals surface area (Å²) in [6.45, 7) is 5.02. The highest BCUT2D eigenvalue weighted by molar-refractivity contribution is 7.79. The molecule has 6 rings (SSSR count). The molecule has 9 heteroatoms. The first kappa shape index (κ1) is 23.7. The van der Waals surface area contributed by atoms with Gasteiger partial charge in [-0.25, -0.2) is 4.21 Å². The lowest BCUT2D eigenvalue weighted by Gasteiger charge is -2.05. The summed E-state index contributed by atoms with van der Waals surface area (Å²) in [5.41, 5.74) is 2.22.